The second kappa shape index (κ2) is 9.36. The summed E-state index contributed by atoms with van der Waals surface area (Å²) in [6.07, 6.45) is 9.48. The predicted octanol–water partition coefficient (Wildman–Crippen LogP) is 3.96. The molecule has 0 bridgehead atoms. The average Bonchev–Trinajstić information content (AvgIpc) is 3.03. The lowest BCUT2D eigenvalue weighted by molar-refractivity contribution is -0.123. The Bertz CT molecular complexity index is 1060. The van der Waals surface area contributed by atoms with E-state index in [2.05, 4.69) is 18.5 Å². The van der Waals surface area contributed by atoms with Crippen molar-refractivity contribution in [2.75, 3.05) is 0 Å². The number of amides is 1. The summed E-state index contributed by atoms with van der Waals surface area (Å²) in [4.78, 5) is 17.9. The van der Waals surface area contributed by atoms with E-state index in [-0.39, 0.29) is 16.7 Å². The van der Waals surface area contributed by atoms with Gasteiger partial charge in [0.2, 0.25) is 10.0 Å². The molecule has 3 rings (SSSR count). The molecule has 0 radical (unpaired) electrons. The van der Waals surface area contributed by atoms with E-state index in [0.29, 0.717) is 11.3 Å². The number of allylic oxidation sites excluding steroid dienone is 1. The fourth-order valence-corrected chi connectivity index (χ4v) is 5.70. The van der Waals surface area contributed by atoms with Crippen LogP contribution in [-0.2, 0) is 21.4 Å². The lowest BCUT2D eigenvalue weighted by Crippen LogP contribution is -2.24. The van der Waals surface area contributed by atoms with Crippen molar-refractivity contribution in [3.8, 4) is 0 Å². The monoisotopic (exact) mass is 435 g/mol. The molecule has 1 heterocycles. The van der Waals surface area contributed by atoms with Crippen LogP contribution in [0.1, 0.15) is 51.9 Å². The third kappa shape index (κ3) is 5.24. The number of thiazole rings is 1. The molecular formula is C21H29N3O3S2. The van der Waals surface area contributed by atoms with E-state index < -0.39 is 10.0 Å². The molecule has 0 saturated heterocycles. The van der Waals surface area contributed by atoms with Gasteiger partial charge in [-0.1, -0.05) is 43.6 Å². The van der Waals surface area contributed by atoms with Gasteiger partial charge >= 0.3 is 0 Å². The number of nitrogens with two attached hydrogens (primary N) is 1. The fraction of sp³-hybridized carbons (Fsp3) is 0.524. The summed E-state index contributed by atoms with van der Waals surface area (Å²) in [5, 5.41) is 5.25. The summed E-state index contributed by atoms with van der Waals surface area (Å²) in [6.45, 7) is 6.49. The summed E-state index contributed by atoms with van der Waals surface area (Å²) >= 11 is 1.31. The van der Waals surface area contributed by atoms with Crippen LogP contribution in [0.3, 0.4) is 0 Å². The molecule has 158 valence electrons. The molecular weight excluding hydrogens is 406 g/mol. The molecule has 2 aromatic rings. The second-order valence-corrected chi connectivity index (χ2v) is 10.3. The molecule has 1 saturated carbocycles. The molecule has 29 heavy (non-hydrogen) atoms. The van der Waals surface area contributed by atoms with Crippen molar-refractivity contribution in [3.63, 3.8) is 0 Å². The number of primary sulfonamides is 1. The molecule has 0 unspecified atom stereocenters. The molecule has 2 N–H and O–H groups in total. The molecule has 8 heteroatoms. The third-order valence-corrected chi connectivity index (χ3v) is 7.61. The normalized spacial score (nSPS) is 20.8. The van der Waals surface area contributed by atoms with Crippen LogP contribution in [0.25, 0.3) is 10.2 Å². The first-order valence-electron chi connectivity index (χ1n) is 10.2. The maximum absolute atomic E-state index is 12.8. The van der Waals surface area contributed by atoms with Crippen LogP contribution in [0.5, 0.6) is 0 Å². The Hall–Kier alpha value is -1.77. The Kier molecular flexibility index (Phi) is 7.08. The Morgan fingerprint density at radius 2 is 2.07 bits per heavy atom. The van der Waals surface area contributed by atoms with Gasteiger partial charge in [-0.05, 0) is 49.8 Å². The van der Waals surface area contributed by atoms with Crippen LogP contribution in [0.2, 0.25) is 0 Å². The number of carbonyl (C=O) groups excluding carboxylic acids is 1. The maximum Gasteiger partial charge on any atom is 0.251 e. The van der Waals surface area contributed by atoms with Crippen molar-refractivity contribution >= 4 is 37.5 Å². The lowest BCUT2D eigenvalue weighted by Gasteiger charge is -2.26. The Balaban J connectivity index is 1.87. The van der Waals surface area contributed by atoms with Crippen LogP contribution in [0.4, 0.5) is 0 Å². The molecule has 1 fully saturated rings. The van der Waals surface area contributed by atoms with Gasteiger partial charge in [0.05, 0.1) is 15.1 Å². The number of hydrogen-bond donors (Lipinski definition) is 1. The van der Waals surface area contributed by atoms with Gasteiger partial charge in [-0.3, -0.25) is 4.79 Å². The van der Waals surface area contributed by atoms with Crippen molar-refractivity contribution in [1.82, 2.24) is 4.57 Å². The number of aromatic nitrogens is 1. The van der Waals surface area contributed by atoms with Gasteiger partial charge in [0.1, 0.15) is 0 Å². The summed E-state index contributed by atoms with van der Waals surface area (Å²) in [6, 6.07) is 4.72. The molecule has 0 atom stereocenters. The van der Waals surface area contributed by atoms with Crippen molar-refractivity contribution in [2.45, 2.75) is 63.3 Å². The molecule has 0 spiro atoms. The SMILES string of the molecule is C=CCn1c(=NC(=O)C2CCC(CCCC)CC2)sc2cc(S(N)(=O)=O)ccc21. The first-order valence-corrected chi connectivity index (χ1v) is 12.6. The molecule has 1 amide bonds. The Morgan fingerprint density at radius 3 is 2.69 bits per heavy atom. The van der Waals surface area contributed by atoms with Gasteiger partial charge in [-0.2, -0.15) is 4.99 Å². The van der Waals surface area contributed by atoms with Crippen LogP contribution < -0.4 is 9.94 Å². The third-order valence-electron chi connectivity index (χ3n) is 5.66. The number of carbonyl (C=O) groups is 1. The summed E-state index contributed by atoms with van der Waals surface area (Å²) < 4.78 is 25.9. The zero-order chi connectivity index (χ0) is 21.0. The molecule has 6 nitrogen and oxygen atoms in total. The number of rotatable bonds is 7. The van der Waals surface area contributed by atoms with E-state index in [4.69, 9.17) is 5.14 Å². The standard InChI is InChI=1S/C21H29N3O3S2/c1-3-5-6-15-7-9-16(10-8-15)20(25)23-21-24(13-4-2)18-12-11-17(29(22,26)27)14-19(18)28-21/h4,11-12,14-16H,2-3,5-10,13H2,1H3,(H2,22,26,27). The topological polar surface area (TPSA) is 94.5 Å². The molecule has 1 aromatic carbocycles. The average molecular weight is 436 g/mol. The van der Waals surface area contributed by atoms with Crippen molar-refractivity contribution in [3.05, 3.63) is 35.7 Å². The summed E-state index contributed by atoms with van der Waals surface area (Å²) in [5.41, 5.74) is 0.817. The summed E-state index contributed by atoms with van der Waals surface area (Å²) in [7, 11) is -3.78. The van der Waals surface area contributed by atoms with Gasteiger partial charge in [0.25, 0.3) is 5.91 Å². The first-order chi connectivity index (χ1) is 13.8. The second-order valence-electron chi connectivity index (χ2n) is 7.77. The molecule has 0 aliphatic heterocycles. The minimum atomic E-state index is -3.78. The van der Waals surface area contributed by atoms with Crippen molar-refractivity contribution in [2.24, 2.45) is 22.0 Å². The highest BCUT2D eigenvalue weighted by atomic mass is 32.2. The molecule has 1 aliphatic carbocycles. The van der Waals surface area contributed by atoms with Crippen molar-refractivity contribution < 1.29 is 13.2 Å². The van der Waals surface area contributed by atoms with Gasteiger partial charge in [0.15, 0.2) is 4.80 Å². The lowest BCUT2D eigenvalue weighted by atomic mass is 9.79. The number of hydrogen-bond acceptors (Lipinski definition) is 4. The van der Waals surface area contributed by atoms with Crippen LogP contribution in [0.15, 0.2) is 40.7 Å². The maximum atomic E-state index is 12.8. The van der Waals surface area contributed by atoms with Gasteiger partial charge < -0.3 is 4.57 Å². The minimum Gasteiger partial charge on any atom is -0.313 e. The van der Waals surface area contributed by atoms with E-state index in [1.54, 1.807) is 12.1 Å². The van der Waals surface area contributed by atoms with E-state index >= 15 is 0 Å². The quantitative estimate of drug-likeness (QED) is 0.667. The van der Waals surface area contributed by atoms with E-state index in [1.807, 2.05) is 4.57 Å². The zero-order valence-corrected chi connectivity index (χ0v) is 18.5. The van der Waals surface area contributed by atoms with E-state index in [0.717, 1.165) is 41.8 Å². The Morgan fingerprint density at radius 1 is 1.34 bits per heavy atom. The minimum absolute atomic E-state index is 0.0183. The number of fused-ring (bicyclic) bond motifs is 1. The van der Waals surface area contributed by atoms with Crippen LogP contribution in [-0.4, -0.2) is 18.9 Å². The van der Waals surface area contributed by atoms with Crippen molar-refractivity contribution in [1.29, 1.82) is 0 Å². The van der Waals surface area contributed by atoms with E-state index in [9.17, 15) is 13.2 Å². The molecule has 1 aliphatic rings. The van der Waals surface area contributed by atoms with Crippen LogP contribution >= 0.6 is 11.3 Å². The van der Waals surface area contributed by atoms with Gasteiger partial charge in [-0.25, -0.2) is 13.6 Å². The predicted molar refractivity (Wildman–Crippen MR) is 117 cm³/mol. The van der Waals surface area contributed by atoms with Gasteiger partial charge in [0, 0.05) is 12.5 Å². The number of unbranched alkanes of at least 4 members (excludes halogenated alkanes) is 1. The summed E-state index contributed by atoms with van der Waals surface area (Å²) in [5.74, 6) is 0.649. The number of nitrogens with zero attached hydrogens (tertiary/aromatic N) is 2. The number of sulfonamides is 1. The zero-order valence-electron chi connectivity index (χ0n) is 16.8. The highest BCUT2D eigenvalue weighted by Gasteiger charge is 2.26. The smallest absolute Gasteiger partial charge is 0.251 e. The number of benzene rings is 1. The van der Waals surface area contributed by atoms with E-state index in [1.165, 1.54) is 42.7 Å². The highest BCUT2D eigenvalue weighted by molar-refractivity contribution is 7.89. The highest BCUT2D eigenvalue weighted by Crippen LogP contribution is 2.32. The molecule has 1 aromatic heterocycles. The first kappa shape index (κ1) is 21.9. The largest absolute Gasteiger partial charge is 0.313 e. The fourth-order valence-electron chi connectivity index (χ4n) is 4.00. The Labute approximate surface area is 176 Å². The van der Waals surface area contributed by atoms with Crippen LogP contribution in [0, 0.1) is 11.8 Å². The van der Waals surface area contributed by atoms with Gasteiger partial charge in [-0.15, -0.1) is 6.58 Å².